The maximum Gasteiger partial charge on any atom is 0.252 e. The van der Waals surface area contributed by atoms with Gasteiger partial charge in [-0.3, -0.25) is 4.79 Å². The normalized spacial score (nSPS) is 26.7. The lowest BCUT2D eigenvalue weighted by Crippen LogP contribution is -2.33. The number of sulfonamides is 1. The van der Waals surface area contributed by atoms with Crippen molar-refractivity contribution >= 4 is 27.4 Å². The number of aliphatic hydroxyl groups excluding tert-OH is 1. The van der Waals surface area contributed by atoms with Gasteiger partial charge in [-0.15, -0.1) is 0 Å². The quantitative estimate of drug-likeness (QED) is 0.871. The molecule has 3 rings (SSSR count). The fraction of sp³-hybridized carbons (Fsp3) is 0.357. The Morgan fingerprint density at radius 1 is 1.43 bits per heavy atom. The number of hydrogen-bond donors (Lipinski definition) is 1. The van der Waals surface area contributed by atoms with E-state index in [-0.39, 0.29) is 22.9 Å². The number of carbonyl (C=O) groups is 1. The zero-order valence-electron chi connectivity index (χ0n) is 12.0. The zero-order chi connectivity index (χ0) is 17.0. The van der Waals surface area contributed by atoms with Gasteiger partial charge in [-0.05, 0) is 31.5 Å². The van der Waals surface area contributed by atoms with E-state index in [1.165, 1.54) is 13.0 Å². The molecule has 1 fully saturated rings. The van der Waals surface area contributed by atoms with Gasteiger partial charge in [0.15, 0.2) is 0 Å². The second-order valence-corrected chi connectivity index (χ2v) is 7.90. The van der Waals surface area contributed by atoms with Crippen LogP contribution in [-0.4, -0.2) is 35.9 Å². The molecule has 1 unspecified atom stereocenters. The van der Waals surface area contributed by atoms with Gasteiger partial charge in [0.25, 0.3) is 11.7 Å². The molecule has 2 heterocycles. The molecule has 0 saturated carbocycles. The highest BCUT2D eigenvalue weighted by atomic mass is 35.5. The lowest BCUT2D eigenvalue weighted by molar-refractivity contribution is -0.132. The standard InChI is InChI=1S/C14H13ClFNO5S/c1-14(9-7-8(16)3-4-10(9)15)12(19)11(18)13(22-14)17-5-2-6-23(17,20)21/h3-4,7,18H,2,5-6H2,1H3. The molecule has 0 spiro atoms. The molecule has 6 nitrogen and oxygen atoms in total. The summed E-state index contributed by atoms with van der Waals surface area (Å²) in [5, 5.41) is 10.1. The molecule has 2 aliphatic heterocycles. The van der Waals surface area contributed by atoms with E-state index in [4.69, 9.17) is 16.3 Å². The van der Waals surface area contributed by atoms with Crippen LogP contribution >= 0.6 is 11.6 Å². The van der Waals surface area contributed by atoms with E-state index < -0.39 is 38.9 Å². The van der Waals surface area contributed by atoms with Crippen LogP contribution in [0, 0.1) is 5.82 Å². The Morgan fingerprint density at radius 3 is 2.74 bits per heavy atom. The summed E-state index contributed by atoms with van der Waals surface area (Å²) in [6.45, 7) is 1.41. The highest BCUT2D eigenvalue weighted by molar-refractivity contribution is 7.89. The van der Waals surface area contributed by atoms with E-state index in [1.54, 1.807) is 0 Å². The molecule has 0 aromatic heterocycles. The fourth-order valence-corrected chi connectivity index (χ4v) is 4.48. The summed E-state index contributed by atoms with van der Waals surface area (Å²) in [6, 6.07) is 3.40. The molecule has 1 N–H and O–H groups in total. The maximum absolute atomic E-state index is 13.5. The SMILES string of the molecule is CC1(c2cc(F)ccc2Cl)OC(N2CCCS2(=O)=O)=C(O)C1=O. The van der Waals surface area contributed by atoms with Gasteiger partial charge in [-0.2, -0.15) is 0 Å². The van der Waals surface area contributed by atoms with Crippen molar-refractivity contribution in [3.63, 3.8) is 0 Å². The van der Waals surface area contributed by atoms with Crippen LogP contribution in [0.5, 0.6) is 0 Å². The lowest BCUT2D eigenvalue weighted by atomic mass is 9.91. The van der Waals surface area contributed by atoms with Gasteiger partial charge in [0, 0.05) is 17.1 Å². The first-order chi connectivity index (χ1) is 10.7. The third kappa shape index (κ3) is 2.36. The van der Waals surface area contributed by atoms with Crippen LogP contribution in [0.1, 0.15) is 18.9 Å². The van der Waals surface area contributed by atoms with Gasteiger partial charge in [-0.1, -0.05) is 11.6 Å². The molecule has 2 aliphatic rings. The highest BCUT2D eigenvalue weighted by Crippen LogP contribution is 2.43. The van der Waals surface area contributed by atoms with Crippen LogP contribution in [-0.2, 0) is 25.2 Å². The van der Waals surface area contributed by atoms with Crippen molar-refractivity contribution in [2.45, 2.75) is 18.9 Å². The number of rotatable bonds is 2. The number of nitrogens with zero attached hydrogens (tertiary/aromatic N) is 1. The summed E-state index contributed by atoms with van der Waals surface area (Å²) in [6.07, 6.45) is 0.355. The summed E-state index contributed by atoms with van der Waals surface area (Å²) in [5.41, 5.74) is -1.78. The van der Waals surface area contributed by atoms with E-state index in [2.05, 4.69) is 0 Å². The second kappa shape index (κ2) is 5.10. The number of ether oxygens (including phenoxy) is 1. The summed E-state index contributed by atoms with van der Waals surface area (Å²) in [5.74, 6) is -2.85. The summed E-state index contributed by atoms with van der Waals surface area (Å²) in [7, 11) is -3.65. The average molecular weight is 362 g/mol. The minimum Gasteiger partial charge on any atom is -0.501 e. The number of carbonyl (C=O) groups excluding carboxylic acids is 1. The van der Waals surface area contributed by atoms with E-state index >= 15 is 0 Å². The van der Waals surface area contributed by atoms with Crippen LogP contribution in [0.3, 0.4) is 0 Å². The Balaban J connectivity index is 2.06. The molecular formula is C14H13ClFNO5S. The Morgan fingerprint density at radius 2 is 2.13 bits per heavy atom. The summed E-state index contributed by atoms with van der Waals surface area (Å²) in [4.78, 5) is 12.4. The Hall–Kier alpha value is -1.80. The van der Waals surface area contributed by atoms with Gasteiger partial charge in [-0.25, -0.2) is 17.1 Å². The molecule has 9 heteroatoms. The number of ketones is 1. The van der Waals surface area contributed by atoms with Crippen LogP contribution in [0.4, 0.5) is 4.39 Å². The minimum absolute atomic E-state index is 0.0160. The zero-order valence-corrected chi connectivity index (χ0v) is 13.6. The van der Waals surface area contributed by atoms with Gasteiger partial charge >= 0.3 is 0 Å². The predicted molar refractivity (Wildman–Crippen MR) is 79.6 cm³/mol. The van der Waals surface area contributed by atoms with Gasteiger partial charge in [0.1, 0.15) is 5.82 Å². The van der Waals surface area contributed by atoms with Gasteiger partial charge in [0.05, 0.1) is 5.75 Å². The second-order valence-electron chi connectivity index (χ2n) is 5.48. The Bertz CT molecular complexity index is 838. The molecule has 1 saturated heterocycles. The largest absolute Gasteiger partial charge is 0.501 e. The van der Waals surface area contributed by atoms with Crippen molar-refractivity contribution in [2.24, 2.45) is 0 Å². The van der Waals surface area contributed by atoms with Crippen molar-refractivity contribution in [1.29, 1.82) is 0 Å². The Labute approximate surface area is 137 Å². The number of halogens is 2. The van der Waals surface area contributed by atoms with Gasteiger partial charge < -0.3 is 9.84 Å². The van der Waals surface area contributed by atoms with Crippen molar-refractivity contribution in [3.8, 4) is 0 Å². The van der Waals surface area contributed by atoms with E-state index in [9.17, 15) is 22.7 Å². The molecular weight excluding hydrogens is 349 g/mol. The predicted octanol–water partition coefficient (Wildman–Crippen LogP) is 2.06. The van der Waals surface area contributed by atoms with E-state index in [0.29, 0.717) is 6.42 Å². The highest BCUT2D eigenvalue weighted by Gasteiger charge is 2.52. The fourth-order valence-electron chi connectivity index (χ4n) is 2.69. The van der Waals surface area contributed by atoms with Crippen molar-refractivity contribution in [1.82, 2.24) is 4.31 Å². The first-order valence-corrected chi connectivity index (χ1v) is 8.78. The molecule has 23 heavy (non-hydrogen) atoms. The van der Waals surface area contributed by atoms with Crippen LogP contribution in [0.15, 0.2) is 29.8 Å². The monoisotopic (exact) mass is 361 g/mol. The maximum atomic E-state index is 13.5. The van der Waals surface area contributed by atoms with Crippen LogP contribution < -0.4 is 0 Å². The van der Waals surface area contributed by atoms with E-state index in [0.717, 1.165) is 16.4 Å². The van der Waals surface area contributed by atoms with Gasteiger partial charge in [0.2, 0.25) is 21.4 Å². The third-order valence-electron chi connectivity index (χ3n) is 3.92. The molecule has 0 radical (unpaired) electrons. The summed E-state index contributed by atoms with van der Waals surface area (Å²) < 4.78 is 43.8. The minimum atomic E-state index is -3.65. The first kappa shape index (κ1) is 16.1. The van der Waals surface area contributed by atoms with Crippen LogP contribution in [0.2, 0.25) is 5.02 Å². The number of Topliss-reactive ketones (excluding diaryl/α,β-unsaturated/α-hetero) is 1. The average Bonchev–Trinajstić information content (AvgIpc) is 2.94. The molecule has 1 aromatic carbocycles. The molecule has 1 aromatic rings. The number of hydrogen-bond acceptors (Lipinski definition) is 5. The molecule has 0 aliphatic carbocycles. The third-order valence-corrected chi connectivity index (χ3v) is 6.07. The Kier molecular flexibility index (Phi) is 3.57. The number of aliphatic hydroxyl groups is 1. The number of benzene rings is 1. The summed E-state index contributed by atoms with van der Waals surface area (Å²) >= 11 is 6.01. The topological polar surface area (TPSA) is 83.9 Å². The van der Waals surface area contributed by atoms with E-state index in [1.807, 2.05) is 0 Å². The molecule has 1 atom stereocenters. The molecule has 0 amide bonds. The van der Waals surface area contributed by atoms with Crippen molar-refractivity contribution in [3.05, 3.63) is 46.2 Å². The van der Waals surface area contributed by atoms with Crippen LogP contribution in [0.25, 0.3) is 0 Å². The molecule has 124 valence electrons. The molecule has 0 bridgehead atoms. The first-order valence-electron chi connectivity index (χ1n) is 6.80. The lowest BCUT2D eigenvalue weighted by Gasteiger charge is -2.26. The van der Waals surface area contributed by atoms with Crippen molar-refractivity contribution < 1.29 is 27.4 Å². The van der Waals surface area contributed by atoms with Crippen molar-refractivity contribution in [2.75, 3.05) is 12.3 Å². The smallest absolute Gasteiger partial charge is 0.252 e.